The Kier molecular flexibility index (Phi) is 7.96. The second-order valence-electron chi connectivity index (χ2n) is 9.75. The average molecular weight is 587 g/mol. The summed E-state index contributed by atoms with van der Waals surface area (Å²) >= 11 is 0. The second-order valence-corrected chi connectivity index (χ2v) is 11.4. The Morgan fingerprint density at radius 1 is 0.927 bits per heavy atom. The molecule has 0 bridgehead atoms. The third-order valence-corrected chi connectivity index (χ3v) is 8.30. The Bertz CT molecular complexity index is 1670. The van der Waals surface area contributed by atoms with Crippen LogP contribution < -0.4 is 4.72 Å². The minimum atomic E-state index is -4.75. The van der Waals surface area contributed by atoms with E-state index in [1.807, 2.05) is 4.90 Å². The first-order valence-electron chi connectivity index (χ1n) is 12.9. The van der Waals surface area contributed by atoms with E-state index in [1.54, 1.807) is 41.3 Å². The second kappa shape index (κ2) is 11.5. The molecule has 0 unspecified atom stereocenters. The Balaban J connectivity index is 1.21. The lowest BCUT2D eigenvalue weighted by Crippen LogP contribution is -2.35. The van der Waals surface area contributed by atoms with Crippen molar-refractivity contribution in [1.82, 2.24) is 14.8 Å². The normalized spacial score (nSPS) is 15.1. The van der Waals surface area contributed by atoms with Crippen LogP contribution in [0.5, 0.6) is 0 Å². The summed E-state index contributed by atoms with van der Waals surface area (Å²) in [7, 11) is -3.94. The van der Waals surface area contributed by atoms with E-state index in [0.717, 1.165) is 12.1 Å². The van der Waals surface area contributed by atoms with Crippen molar-refractivity contribution < 1.29 is 30.8 Å². The first-order chi connectivity index (χ1) is 19.5. The first-order valence-corrected chi connectivity index (χ1v) is 14.3. The highest BCUT2D eigenvalue weighted by atomic mass is 32.2. The number of carbonyl (C=O) groups excluding carboxylic acids is 1. The SMILES string of the molecule is O=C(c1ccc(NS(=O)(=O)c2cccc3cccnc23)cc1)N1CCCN(Cc2ccc(C(F)(F)F)c(F)c2)CC1. The van der Waals surface area contributed by atoms with E-state index in [2.05, 4.69) is 9.71 Å². The summed E-state index contributed by atoms with van der Waals surface area (Å²) in [5.74, 6) is -1.53. The van der Waals surface area contributed by atoms with Crippen molar-refractivity contribution >= 4 is 32.5 Å². The molecule has 7 nitrogen and oxygen atoms in total. The summed E-state index contributed by atoms with van der Waals surface area (Å²) in [6, 6.07) is 17.5. The summed E-state index contributed by atoms with van der Waals surface area (Å²) in [4.78, 5) is 21.1. The van der Waals surface area contributed by atoms with Crippen molar-refractivity contribution in [3.63, 3.8) is 0 Å². The quantitative estimate of drug-likeness (QED) is 0.300. The molecule has 0 saturated carbocycles. The van der Waals surface area contributed by atoms with Crippen LogP contribution in [0.1, 0.15) is 27.9 Å². The molecular formula is C29H26F4N4O3S. The smallest absolute Gasteiger partial charge is 0.337 e. The maximum Gasteiger partial charge on any atom is 0.419 e. The standard InChI is InChI=1S/C29H26F4N4O3S/c30-25-18-20(7-12-24(25)29(31,32)33)19-36-14-3-15-37(17-16-36)28(38)22-8-10-23(11-9-22)35-41(39,40)26-6-1-4-21-5-2-13-34-27(21)26/h1-2,4-13,18,35H,3,14-17,19H2. The lowest BCUT2D eigenvalue weighted by atomic mass is 10.1. The van der Waals surface area contributed by atoms with Crippen LogP contribution in [0.4, 0.5) is 23.2 Å². The summed E-state index contributed by atoms with van der Waals surface area (Å²) < 4.78 is 81.2. The van der Waals surface area contributed by atoms with Gasteiger partial charge in [0.15, 0.2) is 0 Å². The number of pyridine rings is 1. The number of anilines is 1. The minimum Gasteiger partial charge on any atom is -0.337 e. The minimum absolute atomic E-state index is 0.0453. The van der Waals surface area contributed by atoms with E-state index >= 15 is 0 Å². The van der Waals surface area contributed by atoms with Crippen molar-refractivity contribution in [3.8, 4) is 0 Å². The zero-order valence-corrected chi connectivity index (χ0v) is 22.6. The van der Waals surface area contributed by atoms with E-state index < -0.39 is 27.6 Å². The van der Waals surface area contributed by atoms with Crippen LogP contribution in [0.15, 0.2) is 83.9 Å². The monoisotopic (exact) mass is 586 g/mol. The zero-order chi connectivity index (χ0) is 29.2. The molecule has 0 atom stereocenters. The van der Waals surface area contributed by atoms with Crippen LogP contribution in [-0.2, 0) is 22.7 Å². The summed E-state index contributed by atoms with van der Waals surface area (Å²) in [6.07, 6.45) is -2.59. The molecule has 1 aliphatic heterocycles. The topological polar surface area (TPSA) is 82.6 Å². The number of nitrogens with zero attached hydrogens (tertiary/aromatic N) is 3. The van der Waals surface area contributed by atoms with Gasteiger partial charge >= 0.3 is 6.18 Å². The van der Waals surface area contributed by atoms with Crippen LogP contribution in [0.25, 0.3) is 10.9 Å². The van der Waals surface area contributed by atoms with Gasteiger partial charge in [-0.15, -0.1) is 0 Å². The maximum absolute atomic E-state index is 14.0. The number of alkyl halides is 3. The van der Waals surface area contributed by atoms with Crippen molar-refractivity contribution in [1.29, 1.82) is 0 Å². The molecule has 1 N–H and O–H groups in total. The van der Waals surface area contributed by atoms with Gasteiger partial charge in [-0.3, -0.25) is 19.4 Å². The maximum atomic E-state index is 14.0. The van der Waals surface area contributed by atoms with Crippen molar-refractivity contribution in [2.24, 2.45) is 0 Å². The number of nitrogens with one attached hydrogen (secondary N) is 1. The largest absolute Gasteiger partial charge is 0.419 e. The van der Waals surface area contributed by atoms with Crippen LogP contribution in [0.3, 0.4) is 0 Å². The van der Waals surface area contributed by atoms with E-state index in [4.69, 9.17) is 0 Å². The molecule has 0 spiro atoms. The number of hydrogen-bond acceptors (Lipinski definition) is 5. The number of fused-ring (bicyclic) bond motifs is 1. The fraction of sp³-hybridized carbons (Fsp3) is 0.241. The molecule has 0 aliphatic carbocycles. The van der Waals surface area contributed by atoms with E-state index in [0.29, 0.717) is 60.3 Å². The van der Waals surface area contributed by atoms with Gasteiger partial charge in [0.25, 0.3) is 15.9 Å². The van der Waals surface area contributed by atoms with E-state index in [9.17, 15) is 30.8 Å². The fourth-order valence-corrected chi connectivity index (χ4v) is 6.08. The number of para-hydroxylation sites is 1. The molecule has 214 valence electrons. The average Bonchev–Trinajstić information content (AvgIpc) is 3.17. The summed E-state index contributed by atoms with van der Waals surface area (Å²) in [5.41, 5.74) is 0.164. The highest BCUT2D eigenvalue weighted by Gasteiger charge is 2.34. The third kappa shape index (κ3) is 6.49. The van der Waals surface area contributed by atoms with Crippen molar-refractivity contribution in [2.45, 2.75) is 24.0 Å². The Morgan fingerprint density at radius 3 is 2.41 bits per heavy atom. The first kappa shape index (κ1) is 28.5. The molecule has 12 heteroatoms. The number of carbonyl (C=O) groups is 1. The predicted octanol–water partition coefficient (Wildman–Crippen LogP) is 5.54. The zero-order valence-electron chi connectivity index (χ0n) is 21.7. The van der Waals surface area contributed by atoms with Gasteiger partial charge in [-0.1, -0.05) is 24.3 Å². The highest BCUT2D eigenvalue weighted by Crippen LogP contribution is 2.32. The number of rotatable bonds is 6. The summed E-state index contributed by atoms with van der Waals surface area (Å²) in [5, 5.41) is 0.693. The van der Waals surface area contributed by atoms with Crippen LogP contribution >= 0.6 is 0 Å². The molecule has 3 aromatic carbocycles. The summed E-state index contributed by atoms with van der Waals surface area (Å²) in [6.45, 7) is 2.17. The lowest BCUT2D eigenvalue weighted by molar-refractivity contribution is -0.140. The molecule has 1 aliphatic rings. The Labute approximate surface area is 234 Å². The lowest BCUT2D eigenvalue weighted by Gasteiger charge is -2.22. The molecule has 0 radical (unpaired) electrons. The van der Waals surface area contributed by atoms with E-state index in [-0.39, 0.29) is 17.3 Å². The van der Waals surface area contributed by atoms with Gasteiger partial charge in [0, 0.05) is 55.6 Å². The van der Waals surface area contributed by atoms with Crippen LogP contribution in [-0.4, -0.2) is 55.3 Å². The molecule has 1 fully saturated rings. The van der Waals surface area contributed by atoms with Crippen LogP contribution in [0, 0.1) is 5.82 Å². The number of amides is 1. The molecule has 1 aromatic heterocycles. The molecule has 1 saturated heterocycles. The number of hydrogen-bond donors (Lipinski definition) is 1. The molecule has 5 rings (SSSR count). The van der Waals surface area contributed by atoms with Gasteiger partial charge < -0.3 is 4.90 Å². The molecule has 2 heterocycles. The number of halogens is 4. The molecular weight excluding hydrogens is 560 g/mol. The Hall–Kier alpha value is -4.03. The predicted molar refractivity (Wildman–Crippen MR) is 146 cm³/mol. The fourth-order valence-electron chi connectivity index (χ4n) is 4.84. The third-order valence-electron chi connectivity index (χ3n) is 6.89. The molecule has 1 amide bonds. The van der Waals surface area contributed by atoms with Gasteiger partial charge in [-0.25, -0.2) is 12.8 Å². The van der Waals surface area contributed by atoms with Crippen molar-refractivity contribution in [3.05, 3.63) is 102 Å². The van der Waals surface area contributed by atoms with Crippen LogP contribution in [0.2, 0.25) is 0 Å². The van der Waals surface area contributed by atoms with Gasteiger partial charge in [0.2, 0.25) is 0 Å². The number of benzene rings is 3. The highest BCUT2D eigenvalue weighted by molar-refractivity contribution is 7.93. The van der Waals surface area contributed by atoms with Gasteiger partial charge in [-0.2, -0.15) is 13.2 Å². The molecule has 41 heavy (non-hydrogen) atoms. The van der Waals surface area contributed by atoms with Gasteiger partial charge in [-0.05, 0) is 60.5 Å². The van der Waals surface area contributed by atoms with Gasteiger partial charge in [0.05, 0.1) is 11.1 Å². The number of aromatic nitrogens is 1. The van der Waals surface area contributed by atoms with Gasteiger partial charge in [0.1, 0.15) is 10.7 Å². The number of sulfonamides is 1. The Morgan fingerprint density at radius 2 is 1.68 bits per heavy atom. The van der Waals surface area contributed by atoms with Crippen molar-refractivity contribution in [2.75, 3.05) is 30.9 Å². The van der Waals surface area contributed by atoms with E-state index in [1.165, 1.54) is 30.5 Å². The molecule has 4 aromatic rings.